The second-order valence-corrected chi connectivity index (χ2v) is 10.8. The molecule has 1 aliphatic rings. The summed E-state index contributed by atoms with van der Waals surface area (Å²) < 4.78 is 0. The lowest BCUT2D eigenvalue weighted by Gasteiger charge is -2.31. The van der Waals surface area contributed by atoms with E-state index in [1.54, 1.807) is 34.1 Å². The van der Waals surface area contributed by atoms with Crippen LogP contribution in [0.25, 0.3) is 0 Å². The van der Waals surface area contributed by atoms with Crippen LogP contribution >= 0.6 is 35.0 Å². The number of aliphatic carboxylic acids is 1. The molecule has 1 atom stereocenters. The van der Waals surface area contributed by atoms with E-state index in [4.69, 9.17) is 28.3 Å². The summed E-state index contributed by atoms with van der Waals surface area (Å²) in [5, 5.41) is 10.2. The van der Waals surface area contributed by atoms with Crippen molar-refractivity contribution < 1.29 is 19.5 Å². The molecule has 2 amide bonds. The number of thioether (sulfide) groups is 1. The van der Waals surface area contributed by atoms with Crippen LogP contribution in [0.2, 0.25) is 10.0 Å². The fourth-order valence-corrected chi connectivity index (χ4v) is 5.29. The van der Waals surface area contributed by atoms with E-state index < -0.39 is 12.0 Å². The highest BCUT2D eigenvalue weighted by atomic mass is 35.5. The number of rotatable bonds is 10. The van der Waals surface area contributed by atoms with E-state index in [1.807, 2.05) is 48.7 Å². The summed E-state index contributed by atoms with van der Waals surface area (Å²) in [4.78, 5) is 43.6. The van der Waals surface area contributed by atoms with Gasteiger partial charge in [-0.15, -0.1) is 11.8 Å². The molecule has 1 N–H and O–H groups in total. The SMILES string of the molecule is CSc1ccc2c(c1)C(=O)N(CCc1ccc(Cl)cc1)[C@@H](c1ccc(Cl)cc1)C(=O)N2CCCCC(=O)O. The van der Waals surface area contributed by atoms with E-state index in [-0.39, 0.29) is 18.2 Å². The van der Waals surface area contributed by atoms with Crippen molar-refractivity contribution in [1.82, 2.24) is 4.90 Å². The van der Waals surface area contributed by atoms with E-state index in [1.165, 1.54) is 11.8 Å². The number of carbonyl (C=O) groups is 3. The maximum Gasteiger partial charge on any atom is 0.303 e. The summed E-state index contributed by atoms with van der Waals surface area (Å²) in [5.41, 5.74) is 2.66. The zero-order valence-electron chi connectivity index (χ0n) is 20.9. The first-order valence-corrected chi connectivity index (χ1v) is 14.3. The third-order valence-electron chi connectivity index (χ3n) is 6.56. The van der Waals surface area contributed by atoms with Gasteiger partial charge in [0.1, 0.15) is 6.04 Å². The molecule has 3 aromatic carbocycles. The van der Waals surface area contributed by atoms with Gasteiger partial charge in [0.15, 0.2) is 0 Å². The molecule has 0 fully saturated rings. The largest absolute Gasteiger partial charge is 0.481 e. The highest BCUT2D eigenvalue weighted by molar-refractivity contribution is 7.98. The van der Waals surface area contributed by atoms with Crippen LogP contribution in [0, 0.1) is 0 Å². The van der Waals surface area contributed by atoms with Gasteiger partial charge in [-0.1, -0.05) is 47.5 Å². The number of unbranched alkanes of at least 4 members (excludes halogenated alkanes) is 1. The summed E-state index contributed by atoms with van der Waals surface area (Å²) in [6, 6.07) is 19.1. The molecule has 4 rings (SSSR count). The molecule has 9 heteroatoms. The van der Waals surface area contributed by atoms with E-state index in [0.29, 0.717) is 59.2 Å². The average molecular weight is 572 g/mol. The topological polar surface area (TPSA) is 77.9 Å². The maximum absolute atomic E-state index is 14.2. The Balaban J connectivity index is 1.77. The summed E-state index contributed by atoms with van der Waals surface area (Å²) in [6.07, 6.45) is 3.42. The minimum atomic E-state index is -0.875. The molecule has 0 saturated heterocycles. The number of fused-ring (bicyclic) bond motifs is 1. The molecule has 1 aliphatic heterocycles. The van der Waals surface area contributed by atoms with Gasteiger partial charge in [0.05, 0.1) is 11.3 Å². The highest BCUT2D eigenvalue weighted by Crippen LogP contribution is 2.37. The van der Waals surface area contributed by atoms with Crippen molar-refractivity contribution in [2.45, 2.75) is 36.6 Å². The van der Waals surface area contributed by atoms with Crippen molar-refractivity contribution in [2.24, 2.45) is 0 Å². The normalized spacial score (nSPS) is 15.4. The predicted octanol–water partition coefficient (Wildman–Crippen LogP) is 6.74. The number of benzene rings is 3. The van der Waals surface area contributed by atoms with Gasteiger partial charge >= 0.3 is 5.97 Å². The monoisotopic (exact) mass is 570 g/mol. The number of halogens is 2. The number of carboxylic acids is 1. The number of hydrogen-bond donors (Lipinski definition) is 1. The van der Waals surface area contributed by atoms with E-state index >= 15 is 0 Å². The first-order chi connectivity index (χ1) is 18.3. The Bertz CT molecular complexity index is 1320. The smallest absolute Gasteiger partial charge is 0.303 e. The van der Waals surface area contributed by atoms with Crippen molar-refractivity contribution in [1.29, 1.82) is 0 Å². The molecular formula is C29H28Cl2N2O4S. The van der Waals surface area contributed by atoms with Crippen LogP contribution in [0.3, 0.4) is 0 Å². The van der Waals surface area contributed by atoms with Gasteiger partial charge in [-0.25, -0.2) is 0 Å². The standard InChI is InChI=1S/C29H28Cl2N2O4S/c1-38-23-13-14-25-24(18-23)28(36)33(17-15-19-5-9-21(30)10-6-19)27(20-7-11-22(31)12-8-20)29(37)32(25)16-3-2-4-26(34)35/h5-14,18,27H,2-4,15-17H2,1H3,(H,34,35)/t27-/m0/s1. The zero-order valence-corrected chi connectivity index (χ0v) is 23.2. The quantitative estimate of drug-likeness (QED) is 0.215. The third kappa shape index (κ3) is 6.52. The van der Waals surface area contributed by atoms with Crippen LogP contribution in [0.1, 0.15) is 46.8 Å². The Labute approximate surface area is 236 Å². The Hall–Kier alpha value is -3.00. The first kappa shape index (κ1) is 28.0. The Morgan fingerprint density at radius 1 is 0.921 bits per heavy atom. The molecule has 0 aliphatic carbocycles. The first-order valence-electron chi connectivity index (χ1n) is 12.3. The van der Waals surface area contributed by atoms with Gasteiger partial charge in [0.2, 0.25) is 0 Å². The number of nitrogens with zero attached hydrogens (tertiary/aromatic N) is 2. The van der Waals surface area contributed by atoms with Crippen LogP contribution in [-0.4, -0.2) is 47.1 Å². The highest BCUT2D eigenvalue weighted by Gasteiger charge is 2.40. The zero-order chi connectivity index (χ0) is 27.2. The number of hydrogen-bond acceptors (Lipinski definition) is 4. The van der Waals surface area contributed by atoms with Gasteiger partial charge in [-0.2, -0.15) is 0 Å². The molecule has 198 valence electrons. The maximum atomic E-state index is 14.2. The molecule has 38 heavy (non-hydrogen) atoms. The minimum Gasteiger partial charge on any atom is -0.481 e. The summed E-state index contributed by atoms with van der Waals surface area (Å²) in [5.74, 6) is -1.34. The minimum absolute atomic E-state index is 0.0209. The molecule has 1 heterocycles. The van der Waals surface area contributed by atoms with Gasteiger partial charge in [-0.3, -0.25) is 14.4 Å². The summed E-state index contributed by atoms with van der Waals surface area (Å²) in [6.45, 7) is 0.620. The average Bonchev–Trinajstić information content (AvgIpc) is 2.99. The summed E-state index contributed by atoms with van der Waals surface area (Å²) >= 11 is 13.7. The number of amides is 2. The molecule has 0 unspecified atom stereocenters. The molecule has 0 radical (unpaired) electrons. The van der Waals surface area contributed by atoms with Crippen molar-refractivity contribution in [3.05, 3.63) is 93.5 Å². The lowest BCUT2D eigenvalue weighted by atomic mass is 10.0. The van der Waals surface area contributed by atoms with Crippen LogP contribution in [-0.2, 0) is 16.0 Å². The second kappa shape index (κ2) is 12.7. The van der Waals surface area contributed by atoms with Crippen LogP contribution in [0.15, 0.2) is 71.6 Å². The van der Waals surface area contributed by atoms with Crippen LogP contribution in [0.4, 0.5) is 5.69 Å². The number of carboxylic acid groups (broad SMARTS) is 1. The van der Waals surface area contributed by atoms with Crippen molar-refractivity contribution in [3.63, 3.8) is 0 Å². The molecule has 0 bridgehead atoms. The Morgan fingerprint density at radius 3 is 2.21 bits per heavy atom. The van der Waals surface area contributed by atoms with Crippen LogP contribution in [0.5, 0.6) is 0 Å². The molecular weight excluding hydrogens is 543 g/mol. The third-order valence-corrected chi connectivity index (χ3v) is 7.79. The lowest BCUT2D eigenvalue weighted by Crippen LogP contribution is -2.43. The second-order valence-electron chi connectivity index (χ2n) is 9.05. The Morgan fingerprint density at radius 2 is 1.58 bits per heavy atom. The van der Waals surface area contributed by atoms with Crippen molar-refractivity contribution in [3.8, 4) is 0 Å². The van der Waals surface area contributed by atoms with E-state index in [2.05, 4.69) is 0 Å². The van der Waals surface area contributed by atoms with Gasteiger partial charge in [-0.05, 0) is 79.1 Å². The van der Waals surface area contributed by atoms with Crippen molar-refractivity contribution >= 4 is 58.4 Å². The van der Waals surface area contributed by atoms with E-state index in [9.17, 15) is 14.4 Å². The molecule has 0 spiro atoms. The predicted molar refractivity (Wildman–Crippen MR) is 152 cm³/mol. The molecule has 3 aromatic rings. The van der Waals surface area contributed by atoms with E-state index in [0.717, 1.165) is 10.5 Å². The Kier molecular flexibility index (Phi) is 9.36. The van der Waals surface area contributed by atoms with Crippen LogP contribution < -0.4 is 4.90 Å². The van der Waals surface area contributed by atoms with Gasteiger partial charge in [0, 0.05) is 34.5 Å². The summed E-state index contributed by atoms with van der Waals surface area (Å²) in [7, 11) is 0. The van der Waals surface area contributed by atoms with Gasteiger partial charge < -0.3 is 14.9 Å². The number of carbonyl (C=O) groups excluding carboxylic acids is 2. The molecule has 0 saturated carbocycles. The fourth-order valence-electron chi connectivity index (χ4n) is 4.60. The van der Waals surface area contributed by atoms with Gasteiger partial charge in [0.25, 0.3) is 11.8 Å². The fraction of sp³-hybridized carbons (Fsp3) is 0.276. The van der Waals surface area contributed by atoms with Crippen molar-refractivity contribution in [2.75, 3.05) is 24.2 Å². The lowest BCUT2D eigenvalue weighted by molar-refractivity contribution is -0.137. The number of anilines is 1. The molecule has 0 aromatic heterocycles. The molecule has 6 nitrogen and oxygen atoms in total.